The maximum Gasteiger partial charge on any atom is 0.293 e. The second-order valence-electron chi connectivity index (χ2n) is 10.8. The van der Waals surface area contributed by atoms with Crippen LogP contribution in [0.5, 0.6) is 5.75 Å². The van der Waals surface area contributed by atoms with Gasteiger partial charge in [0.05, 0.1) is 12.0 Å². The van der Waals surface area contributed by atoms with E-state index in [9.17, 15) is 19.1 Å². The molecule has 5 heterocycles. The highest BCUT2D eigenvalue weighted by atomic mass is 19.1. The molecule has 6 rings (SSSR count). The van der Waals surface area contributed by atoms with Crippen molar-refractivity contribution in [2.45, 2.75) is 57.1 Å². The highest BCUT2D eigenvalue weighted by Gasteiger charge is 2.51. The van der Waals surface area contributed by atoms with Crippen LogP contribution in [0.15, 0.2) is 35.1 Å². The Hall–Kier alpha value is -4.83. The summed E-state index contributed by atoms with van der Waals surface area (Å²) >= 11 is 0. The third-order valence-corrected chi connectivity index (χ3v) is 7.90. The minimum absolute atomic E-state index is 0.246. The Balaban J connectivity index is 1.37. The molecule has 3 aromatic heterocycles. The Kier molecular flexibility index (Phi) is 9.02. The van der Waals surface area contributed by atoms with Crippen molar-refractivity contribution in [2.24, 2.45) is 0 Å². The number of imidazole rings is 1. The third kappa shape index (κ3) is 6.37. The maximum absolute atomic E-state index is 14.2. The number of rotatable bonds is 13. The van der Waals surface area contributed by atoms with Crippen molar-refractivity contribution in [3.05, 3.63) is 47.9 Å². The van der Waals surface area contributed by atoms with Gasteiger partial charge >= 0.3 is 0 Å². The Morgan fingerprint density at radius 1 is 1.11 bits per heavy atom. The van der Waals surface area contributed by atoms with Crippen LogP contribution in [0.2, 0.25) is 0 Å². The number of carbonyl (C=O) groups is 2. The predicted octanol–water partition coefficient (Wildman–Crippen LogP) is 3.22. The van der Waals surface area contributed by atoms with Gasteiger partial charge in [-0.1, -0.05) is 18.5 Å². The van der Waals surface area contributed by atoms with E-state index in [-0.39, 0.29) is 36.1 Å². The lowest BCUT2D eigenvalue weighted by Gasteiger charge is -2.26. The minimum atomic E-state index is -1.11. The molecule has 0 radical (unpaired) electrons. The normalized spacial score (nSPS) is 21.9. The summed E-state index contributed by atoms with van der Waals surface area (Å²) in [6, 6.07) is 5.53. The average molecular weight is 625 g/mol. The topological polar surface area (TPSA) is 179 Å². The Labute approximate surface area is 256 Å². The number of phenols is 1. The smallest absolute Gasteiger partial charge is 0.293 e. The number of likely N-dealkylation sites (tertiary alicyclic amines) is 1. The fourth-order valence-electron chi connectivity index (χ4n) is 5.64. The van der Waals surface area contributed by atoms with Gasteiger partial charge in [-0.15, -0.1) is 0 Å². The molecule has 238 valence electrons. The van der Waals surface area contributed by atoms with Crippen LogP contribution in [-0.2, 0) is 30.2 Å². The first-order chi connectivity index (χ1) is 22.0. The van der Waals surface area contributed by atoms with Gasteiger partial charge in [-0.05, 0) is 44.5 Å². The molecule has 0 amide bonds. The molecule has 45 heavy (non-hydrogen) atoms. The molecule has 3 N–H and O–H groups in total. The van der Waals surface area contributed by atoms with Gasteiger partial charge in [0.25, 0.3) is 12.9 Å². The molecule has 4 atom stereocenters. The number of aryl methyl sites for hydroxylation is 1. The molecule has 0 spiro atoms. The van der Waals surface area contributed by atoms with Crippen molar-refractivity contribution in [1.29, 1.82) is 0 Å². The number of nitrogens with zero attached hydrogens (tertiary/aromatic N) is 6. The van der Waals surface area contributed by atoms with E-state index in [1.807, 2.05) is 6.92 Å². The van der Waals surface area contributed by atoms with Crippen LogP contribution in [0.4, 0.5) is 21.8 Å². The van der Waals surface area contributed by atoms with Gasteiger partial charge in [0.15, 0.2) is 58.8 Å². The highest BCUT2D eigenvalue weighted by molar-refractivity contribution is 5.86. The van der Waals surface area contributed by atoms with Crippen molar-refractivity contribution in [1.82, 2.24) is 29.6 Å². The van der Waals surface area contributed by atoms with Gasteiger partial charge in [0, 0.05) is 30.9 Å². The average Bonchev–Trinajstić information content (AvgIpc) is 3.78. The van der Waals surface area contributed by atoms with Gasteiger partial charge in [-0.25, -0.2) is 9.37 Å². The lowest BCUT2D eigenvalue weighted by atomic mass is 10.1. The molecule has 15 nitrogen and oxygen atoms in total. The van der Waals surface area contributed by atoms with Gasteiger partial charge in [-0.3, -0.25) is 14.2 Å². The fraction of sp³-hybridized carbons (Fsp3) is 0.448. The Morgan fingerprint density at radius 3 is 2.64 bits per heavy atom. The van der Waals surface area contributed by atoms with Gasteiger partial charge in [0.2, 0.25) is 5.95 Å². The number of aromatic nitrogens is 5. The number of aromatic hydroxyl groups is 1. The van der Waals surface area contributed by atoms with E-state index < -0.39 is 36.1 Å². The Morgan fingerprint density at radius 2 is 1.91 bits per heavy atom. The third-order valence-electron chi connectivity index (χ3n) is 7.90. The molecule has 2 fully saturated rings. The molecule has 0 saturated carbocycles. The van der Waals surface area contributed by atoms with Crippen LogP contribution in [0.1, 0.15) is 50.0 Å². The van der Waals surface area contributed by atoms with E-state index >= 15 is 0 Å². The number of halogens is 1. The summed E-state index contributed by atoms with van der Waals surface area (Å²) in [4.78, 5) is 39.3. The number of nitrogens with one attached hydrogen (secondary N) is 2. The molecule has 0 unspecified atom stereocenters. The molecular formula is C29H33FN8O7. The number of phenolic OH excluding ortho intramolecular Hbond substituents is 1. The highest BCUT2D eigenvalue weighted by Crippen LogP contribution is 2.43. The van der Waals surface area contributed by atoms with Crippen LogP contribution < -0.4 is 10.6 Å². The standard InChI is InChI=1S/C29H33FN8O7/c1-2-17-13-21(45-36-17)23-24(42-15-39)25(43-16-40)28(44-23)38-14-32-22-26(33-18-6-7-20(41)19(30)12-18)34-29(35-27(22)38)31-8-11-37-9-4-3-5-10-37/h6-7,12-16,23-25,28,41H,2-5,8-11H2,1H3,(H2,31,33,34,35)/t23-,24-,25-,28-/m1/s1. The second kappa shape index (κ2) is 13.4. The summed E-state index contributed by atoms with van der Waals surface area (Å²) in [5.41, 5.74) is 1.56. The van der Waals surface area contributed by atoms with Crippen LogP contribution >= 0.6 is 0 Å². The predicted molar refractivity (Wildman–Crippen MR) is 156 cm³/mol. The van der Waals surface area contributed by atoms with Gasteiger partial charge < -0.3 is 39.4 Å². The number of hydrogen-bond acceptors (Lipinski definition) is 14. The summed E-state index contributed by atoms with van der Waals surface area (Å²) in [6.07, 6.45) is 1.38. The zero-order chi connectivity index (χ0) is 31.3. The molecule has 2 saturated heterocycles. The number of hydrogen-bond donors (Lipinski definition) is 3. The van der Waals surface area contributed by atoms with Crippen molar-refractivity contribution in [3.8, 4) is 5.75 Å². The summed E-state index contributed by atoms with van der Waals surface area (Å²) < 4.78 is 38.3. The molecule has 4 aromatic rings. The Bertz CT molecular complexity index is 1640. The molecule has 0 aliphatic carbocycles. The molecule has 2 aliphatic heterocycles. The summed E-state index contributed by atoms with van der Waals surface area (Å²) in [6.45, 7) is 5.81. The van der Waals surface area contributed by atoms with E-state index in [4.69, 9.17) is 23.7 Å². The number of benzene rings is 1. The van der Waals surface area contributed by atoms with Crippen LogP contribution in [0.3, 0.4) is 0 Å². The van der Waals surface area contributed by atoms with Gasteiger partial charge in [0.1, 0.15) is 0 Å². The van der Waals surface area contributed by atoms with Crippen molar-refractivity contribution in [3.63, 3.8) is 0 Å². The van der Waals surface area contributed by atoms with E-state index in [2.05, 4.69) is 30.7 Å². The molecule has 16 heteroatoms. The van der Waals surface area contributed by atoms with E-state index in [1.165, 1.54) is 24.9 Å². The van der Waals surface area contributed by atoms with Crippen LogP contribution in [-0.4, -0.2) is 86.0 Å². The quantitative estimate of drug-likeness (QED) is 0.146. The van der Waals surface area contributed by atoms with Crippen LogP contribution in [0, 0.1) is 5.82 Å². The lowest BCUT2D eigenvalue weighted by Crippen LogP contribution is -2.34. The van der Waals surface area contributed by atoms with E-state index in [1.54, 1.807) is 10.6 Å². The molecule has 2 aliphatic rings. The summed E-state index contributed by atoms with van der Waals surface area (Å²) in [5.74, 6) is -0.507. The van der Waals surface area contributed by atoms with Gasteiger partial charge in [-0.2, -0.15) is 9.97 Å². The first kappa shape index (κ1) is 30.2. The van der Waals surface area contributed by atoms with Crippen molar-refractivity contribution in [2.75, 3.05) is 36.8 Å². The van der Waals surface area contributed by atoms with E-state index in [0.29, 0.717) is 29.9 Å². The SMILES string of the molecule is CCc1cc([C@H]2O[C@@H](n3cnc4c(Nc5ccc(O)c(F)c5)nc(NCCN5CCCCC5)nc43)[C@H](OC=O)[C@@H]2OC=O)on1. The van der Waals surface area contributed by atoms with E-state index in [0.717, 1.165) is 38.5 Å². The second-order valence-corrected chi connectivity index (χ2v) is 10.8. The molecule has 1 aromatic carbocycles. The fourth-order valence-corrected chi connectivity index (χ4v) is 5.64. The number of fused-ring (bicyclic) bond motifs is 1. The largest absolute Gasteiger partial charge is 0.505 e. The molecular weight excluding hydrogens is 591 g/mol. The van der Waals surface area contributed by atoms with Crippen LogP contribution in [0.25, 0.3) is 11.2 Å². The number of piperidine rings is 1. The zero-order valence-corrected chi connectivity index (χ0v) is 24.5. The summed E-state index contributed by atoms with van der Waals surface area (Å²) in [7, 11) is 0. The molecule has 0 bridgehead atoms. The monoisotopic (exact) mass is 624 g/mol. The summed E-state index contributed by atoms with van der Waals surface area (Å²) in [5, 5.41) is 20.0. The number of ether oxygens (including phenoxy) is 3. The first-order valence-corrected chi connectivity index (χ1v) is 14.7. The number of carbonyl (C=O) groups excluding carboxylic acids is 2. The zero-order valence-electron chi connectivity index (χ0n) is 24.5. The number of anilines is 3. The van der Waals surface area contributed by atoms with Crippen molar-refractivity contribution >= 4 is 41.6 Å². The first-order valence-electron chi connectivity index (χ1n) is 14.7. The van der Waals surface area contributed by atoms with Crippen molar-refractivity contribution < 1.29 is 37.8 Å². The maximum atomic E-state index is 14.2. The lowest BCUT2D eigenvalue weighted by molar-refractivity contribution is -0.151. The minimum Gasteiger partial charge on any atom is -0.505 e.